The number of hydrogen-bond acceptors (Lipinski definition) is 6. The molecule has 6 nitrogen and oxygen atoms in total. The largest absolute Gasteiger partial charge is 0.401 e. The van der Waals surface area contributed by atoms with E-state index < -0.39 is 10.9 Å². The second kappa shape index (κ2) is 6.77. The Morgan fingerprint density at radius 3 is 2.78 bits per heavy atom. The Morgan fingerprint density at radius 2 is 2.00 bits per heavy atom. The second-order valence-corrected chi connectivity index (χ2v) is 7.44. The summed E-state index contributed by atoms with van der Waals surface area (Å²) < 4.78 is 6.10. The van der Waals surface area contributed by atoms with E-state index in [4.69, 9.17) is 27.9 Å². The Morgan fingerprint density at radius 1 is 1.19 bits per heavy atom. The summed E-state index contributed by atoms with van der Waals surface area (Å²) in [6, 6.07) is 11.2. The van der Waals surface area contributed by atoms with Gasteiger partial charge in [-0.05, 0) is 23.8 Å². The highest BCUT2D eigenvalue weighted by atomic mass is 35.5. The summed E-state index contributed by atoms with van der Waals surface area (Å²) in [7, 11) is 0. The fourth-order valence-corrected chi connectivity index (χ4v) is 4.28. The van der Waals surface area contributed by atoms with Gasteiger partial charge in [-0.15, -0.1) is 11.3 Å². The first-order chi connectivity index (χ1) is 12.9. The van der Waals surface area contributed by atoms with Crippen LogP contribution in [-0.4, -0.2) is 16.8 Å². The number of thiophene rings is 1. The van der Waals surface area contributed by atoms with E-state index in [0.717, 1.165) is 10.1 Å². The number of hydrogen-bond donors (Lipinski definition) is 0. The molecule has 27 heavy (non-hydrogen) atoms. The molecule has 0 saturated carbocycles. The van der Waals surface area contributed by atoms with Crippen LogP contribution in [0.3, 0.4) is 0 Å². The van der Waals surface area contributed by atoms with Crippen LogP contribution in [0.1, 0.15) is 10.4 Å². The molecule has 2 heterocycles. The van der Waals surface area contributed by atoms with E-state index in [1.165, 1.54) is 35.6 Å². The summed E-state index contributed by atoms with van der Waals surface area (Å²) in [5.74, 6) is -0.554. The van der Waals surface area contributed by atoms with Crippen LogP contribution in [0, 0.1) is 10.1 Å². The number of cyclic esters (lactones) is 1. The van der Waals surface area contributed by atoms with Crippen LogP contribution in [0.25, 0.3) is 16.2 Å². The molecule has 0 bridgehead atoms. The molecule has 1 aliphatic rings. The van der Waals surface area contributed by atoms with Crippen molar-refractivity contribution in [2.24, 2.45) is 4.99 Å². The molecule has 1 aromatic heterocycles. The molecule has 0 aliphatic carbocycles. The third-order valence-corrected chi connectivity index (χ3v) is 5.67. The number of non-ortho nitro benzene ring substituents is 1. The van der Waals surface area contributed by atoms with Crippen molar-refractivity contribution in [2.45, 2.75) is 0 Å². The molecule has 1 aliphatic heterocycles. The van der Waals surface area contributed by atoms with Gasteiger partial charge in [-0.3, -0.25) is 10.1 Å². The zero-order chi connectivity index (χ0) is 19.1. The van der Waals surface area contributed by atoms with Crippen molar-refractivity contribution in [3.63, 3.8) is 0 Å². The fourth-order valence-electron chi connectivity index (χ4n) is 2.57. The molecule has 0 fully saturated rings. The van der Waals surface area contributed by atoms with Crippen molar-refractivity contribution >= 4 is 68.3 Å². The van der Waals surface area contributed by atoms with Gasteiger partial charge in [0.1, 0.15) is 4.88 Å². The molecule has 2 aromatic carbocycles. The molecule has 0 unspecified atom stereocenters. The van der Waals surface area contributed by atoms with Crippen LogP contribution in [-0.2, 0) is 9.53 Å². The Hall–Kier alpha value is -2.74. The van der Waals surface area contributed by atoms with E-state index in [9.17, 15) is 14.9 Å². The predicted molar refractivity (Wildman–Crippen MR) is 106 cm³/mol. The third kappa shape index (κ3) is 3.32. The first-order valence-electron chi connectivity index (χ1n) is 7.57. The summed E-state index contributed by atoms with van der Waals surface area (Å²) in [4.78, 5) is 27.3. The minimum atomic E-state index is -0.650. The summed E-state index contributed by atoms with van der Waals surface area (Å²) >= 11 is 13.7. The Labute approximate surface area is 166 Å². The quantitative estimate of drug-likeness (QED) is 0.244. The number of halogens is 2. The van der Waals surface area contributed by atoms with Gasteiger partial charge in [0, 0.05) is 27.2 Å². The van der Waals surface area contributed by atoms with E-state index in [-0.39, 0.29) is 17.3 Å². The lowest BCUT2D eigenvalue weighted by Gasteiger charge is -1.95. The van der Waals surface area contributed by atoms with Gasteiger partial charge in [0.25, 0.3) is 5.69 Å². The van der Waals surface area contributed by atoms with Gasteiger partial charge in [-0.1, -0.05) is 41.4 Å². The lowest BCUT2D eigenvalue weighted by atomic mass is 10.2. The number of aliphatic imine (C=N–C) groups is 1. The number of nitro benzene ring substituents is 1. The van der Waals surface area contributed by atoms with Crippen LogP contribution in [0.4, 0.5) is 5.69 Å². The zero-order valence-electron chi connectivity index (χ0n) is 13.3. The van der Waals surface area contributed by atoms with Crippen LogP contribution in [0.2, 0.25) is 10.0 Å². The molecule has 0 saturated heterocycles. The standard InChI is InChI=1S/C18H8Cl2N2O4S/c19-10-4-5-12-14(8-10)27-16(15(12)20)17-21-13(18(23)26-17)7-9-2-1-3-11(6-9)22(24)25/h1-8H/b13-7+. The van der Waals surface area contributed by atoms with Crippen molar-refractivity contribution < 1.29 is 14.5 Å². The van der Waals surface area contributed by atoms with Gasteiger partial charge < -0.3 is 4.74 Å². The number of fused-ring (bicyclic) bond motifs is 1. The lowest BCUT2D eigenvalue weighted by molar-refractivity contribution is -0.384. The van der Waals surface area contributed by atoms with Crippen LogP contribution in [0.5, 0.6) is 0 Å². The van der Waals surface area contributed by atoms with Crippen molar-refractivity contribution in [3.05, 3.63) is 78.8 Å². The monoisotopic (exact) mass is 418 g/mol. The van der Waals surface area contributed by atoms with Gasteiger partial charge in [0.2, 0.25) is 5.90 Å². The van der Waals surface area contributed by atoms with E-state index in [0.29, 0.717) is 20.5 Å². The number of carbonyl (C=O) groups is 1. The number of ether oxygens (including phenoxy) is 1. The smallest absolute Gasteiger partial charge is 0.363 e. The van der Waals surface area contributed by atoms with Gasteiger partial charge in [-0.25, -0.2) is 9.79 Å². The average Bonchev–Trinajstić information content (AvgIpc) is 3.15. The molecule has 0 spiro atoms. The normalized spacial score (nSPS) is 15.3. The minimum Gasteiger partial charge on any atom is -0.401 e. The Kier molecular flexibility index (Phi) is 4.43. The average molecular weight is 419 g/mol. The van der Waals surface area contributed by atoms with E-state index in [1.807, 2.05) is 0 Å². The molecule has 3 aromatic rings. The van der Waals surface area contributed by atoms with E-state index in [1.54, 1.807) is 24.3 Å². The molecule has 4 rings (SSSR count). The van der Waals surface area contributed by atoms with Crippen LogP contribution in [0.15, 0.2) is 53.2 Å². The zero-order valence-corrected chi connectivity index (χ0v) is 15.6. The maximum Gasteiger partial charge on any atom is 0.363 e. The van der Waals surface area contributed by atoms with Crippen molar-refractivity contribution in [1.29, 1.82) is 0 Å². The highest BCUT2D eigenvalue weighted by Gasteiger charge is 2.28. The first kappa shape index (κ1) is 17.7. The summed E-state index contributed by atoms with van der Waals surface area (Å²) in [6.45, 7) is 0. The number of carbonyl (C=O) groups excluding carboxylic acids is 1. The topological polar surface area (TPSA) is 81.8 Å². The van der Waals surface area contributed by atoms with E-state index >= 15 is 0 Å². The SMILES string of the molecule is O=C1OC(c2sc3cc(Cl)ccc3c2Cl)=N/C1=C/c1cccc([N+](=O)[O-])c1. The summed E-state index contributed by atoms with van der Waals surface area (Å²) in [5.41, 5.74) is 0.428. The molecular weight excluding hydrogens is 411 g/mol. The van der Waals surface area contributed by atoms with Crippen molar-refractivity contribution in [2.75, 3.05) is 0 Å². The Bertz CT molecular complexity index is 1180. The highest BCUT2D eigenvalue weighted by molar-refractivity contribution is 7.21. The molecule has 0 amide bonds. The van der Waals surface area contributed by atoms with Crippen LogP contribution < -0.4 is 0 Å². The number of rotatable bonds is 3. The molecule has 9 heteroatoms. The molecular formula is C18H8Cl2N2O4S. The third-order valence-electron chi connectivity index (χ3n) is 3.79. The van der Waals surface area contributed by atoms with Gasteiger partial charge in [-0.2, -0.15) is 0 Å². The molecule has 0 radical (unpaired) electrons. The van der Waals surface area contributed by atoms with Crippen LogP contribution >= 0.6 is 34.5 Å². The number of benzene rings is 2. The van der Waals surface area contributed by atoms with E-state index in [2.05, 4.69) is 4.99 Å². The van der Waals surface area contributed by atoms with Gasteiger partial charge in [0.05, 0.1) is 9.95 Å². The summed E-state index contributed by atoms with van der Waals surface area (Å²) in [6.07, 6.45) is 1.43. The maximum atomic E-state index is 12.2. The number of esters is 1. The number of nitro groups is 1. The van der Waals surface area contributed by atoms with Crippen molar-refractivity contribution in [3.8, 4) is 0 Å². The highest BCUT2D eigenvalue weighted by Crippen LogP contribution is 2.38. The number of nitrogens with zero attached hydrogens (tertiary/aromatic N) is 2. The predicted octanol–water partition coefficient (Wildman–Crippen LogP) is 5.46. The molecule has 0 atom stereocenters. The lowest BCUT2D eigenvalue weighted by Crippen LogP contribution is -2.04. The molecule has 134 valence electrons. The minimum absolute atomic E-state index is 0.0389. The van der Waals surface area contributed by atoms with Gasteiger partial charge in [0.15, 0.2) is 5.70 Å². The Balaban J connectivity index is 1.74. The molecule has 0 N–H and O–H groups in total. The van der Waals surface area contributed by atoms with Crippen molar-refractivity contribution in [1.82, 2.24) is 0 Å². The summed E-state index contributed by atoms with van der Waals surface area (Å²) in [5, 5.41) is 12.7. The van der Waals surface area contributed by atoms with Gasteiger partial charge >= 0.3 is 5.97 Å². The fraction of sp³-hybridized carbons (Fsp3) is 0. The first-order valence-corrected chi connectivity index (χ1v) is 9.14. The maximum absolute atomic E-state index is 12.2. The second-order valence-electron chi connectivity index (χ2n) is 5.57.